The molecule has 0 atom stereocenters. The average molecular weight is 403 g/mol. The van der Waals surface area contributed by atoms with Crippen molar-refractivity contribution in [1.82, 2.24) is 19.2 Å². The summed E-state index contributed by atoms with van der Waals surface area (Å²) in [6.45, 7) is 3.52. The van der Waals surface area contributed by atoms with E-state index in [9.17, 15) is 9.59 Å². The number of fused-ring (bicyclic) bond motifs is 1. The fourth-order valence-corrected chi connectivity index (χ4v) is 3.19. The number of aromatic nitrogens is 4. The lowest BCUT2D eigenvalue weighted by Crippen LogP contribution is -2.28. The summed E-state index contributed by atoms with van der Waals surface area (Å²) in [6.07, 6.45) is 0. The highest BCUT2D eigenvalue weighted by Gasteiger charge is 2.15. The molecule has 0 fully saturated rings. The molecule has 0 radical (unpaired) electrons. The van der Waals surface area contributed by atoms with E-state index >= 15 is 0 Å². The third kappa shape index (κ3) is 3.80. The van der Waals surface area contributed by atoms with Gasteiger partial charge in [-0.25, -0.2) is 18.9 Å². The third-order valence-electron chi connectivity index (χ3n) is 4.75. The number of benzene rings is 2. The zero-order chi connectivity index (χ0) is 21.3. The van der Waals surface area contributed by atoms with Crippen molar-refractivity contribution in [1.29, 1.82) is 0 Å². The number of carbonyl (C=O) groups excluding carboxylic acids is 1. The maximum atomic E-state index is 12.7. The van der Waals surface area contributed by atoms with Crippen molar-refractivity contribution < 1.29 is 9.53 Å². The van der Waals surface area contributed by atoms with E-state index in [0.29, 0.717) is 22.9 Å². The molecule has 4 rings (SSSR count). The molecule has 0 aliphatic carbocycles. The number of hydrogen-bond acceptors (Lipinski definition) is 5. The Balaban J connectivity index is 1.62. The first-order valence-electron chi connectivity index (χ1n) is 9.43. The highest BCUT2D eigenvalue weighted by molar-refractivity contribution is 5.90. The standard InChI is InChI=1S/C22H21N5O3/c1-14-4-8-17(9-5-14)24-21(28)13-26-22(29)27-15(2)23-19(12-20(27)25-26)16-6-10-18(30-3)11-7-16/h4-12H,13H2,1-3H3,(H,24,28). The van der Waals surface area contributed by atoms with Gasteiger partial charge in [-0.3, -0.25) is 4.79 Å². The number of nitrogens with one attached hydrogen (secondary N) is 1. The van der Waals surface area contributed by atoms with E-state index in [1.54, 1.807) is 20.1 Å². The van der Waals surface area contributed by atoms with Crippen molar-refractivity contribution in [3.8, 4) is 17.0 Å². The number of hydrogen-bond donors (Lipinski definition) is 1. The molecule has 0 aliphatic heterocycles. The van der Waals surface area contributed by atoms with Crippen LogP contribution in [0.25, 0.3) is 16.9 Å². The monoisotopic (exact) mass is 403 g/mol. The summed E-state index contributed by atoms with van der Waals surface area (Å²) in [5.74, 6) is 0.912. The maximum absolute atomic E-state index is 12.7. The highest BCUT2D eigenvalue weighted by Crippen LogP contribution is 2.21. The van der Waals surface area contributed by atoms with Crippen LogP contribution in [0.5, 0.6) is 5.75 Å². The van der Waals surface area contributed by atoms with Crippen molar-refractivity contribution in [2.45, 2.75) is 20.4 Å². The molecule has 2 heterocycles. The Morgan fingerprint density at radius 3 is 2.43 bits per heavy atom. The highest BCUT2D eigenvalue weighted by atomic mass is 16.5. The van der Waals surface area contributed by atoms with Crippen molar-refractivity contribution in [2.75, 3.05) is 12.4 Å². The van der Waals surface area contributed by atoms with Crippen LogP contribution < -0.4 is 15.7 Å². The van der Waals surface area contributed by atoms with E-state index in [1.807, 2.05) is 55.5 Å². The molecule has 2 aromatic carbocycles. The fourth-order valence-electron chi connectivity index (χ4n) is 3.19. The number of aryl methyl sites for hydroxylation is 2. The van der Waals surface area contributed by atoms with E-state index in [4.69, 9.17) is 4.74 Å². The van der Waals surface area contributed by atoms with Crippen molar-refractivity contribution in [3.63, 3.8) is 0 Å². The maximum Gasteiger partial charge on any atom is 0.352 e. The molecule has 152 valence electrons. The summed E-state index contributed by atoms with van der Waals surface area (Å²) in [7, 11) is 1.61. The van der Waals surface area contributed by atoms with Crippen LogP contribution in [-0.2, 0) is 11.3 Å². The van der Waals surface area contributed by atoms with Gasteiger partial charge >= 0.3 is 5.69 Å². The molecule has 1 N–H and O–H groups in total. The average Bonchev–Trinajstić information content (AvgIpc) is 3.05. The number of carbonyl (C=O) groups is 1. The van der Waals surface area contributed by atoms with Gasteiger partial charge in [-0.2, -0.15) is 0 Å². The predicted octanol–water partition coefficient (Wildman–Crippen LogP) is 2.82. The smallest absolute Gasteiger partial charge is 0.352 e. The van der Waals surface area contributed by atoms with Crippen LogP contribution in [0.2, 0.25) is 0 Å². The first kappa shape index (κ1) is 19.4. The third-order valence-corrected chi connectivity index (χ3v) is 4.75. The molecule has 2 aromatic heterocycles. The molecule has 30 heavy (non-hydrogen) atoms. The molecule has 0 saturated heterocycles. The van der Waals surface area contributed by atoms with Gasteiger partial charge in [0.05, 0.1) is 12.8 Å². The lowest BCUT2D eigenvalue weighted by Gasteiger charge is -2.05. The molecule has 1 amide bonds. The summed E-state index contributed by atoms with van der Waals surface area (Å²) in [5.41, 5.74) is 3.35. The van der Waals surface area contributed by atoms with E-state index in [0.717, 1.165) is 21.6 Å². The van der Waals surface area contributed by atoms with E-state index < -0.39 is 5.69 Å². The Bertz CT molecular complexity index is 1270. The van der Waals surface area contributed by atoms with Crippen LogP contribution in [0.3, 0.4) is 0 Å². The largest absolute Gasteiger partial charge is 0.497 e. The number of nitrogens with zero attached hydrogens (tertiary/aromatic N) is 4. The molecule has 0 unspecified atom stereocenters. The second kappa shape index (κ2) is 7.82. The molecular formula is C22H21N5O3. The normalized spacial score (nSPS) is 10.9. The topological polar surface area (TPSA) is 90.5 Å². The van der Waals surface area contributed by atoms with Crippen molar-refractivity contribution in [3.05, 3.63) is 76.5 Å². The van der Waals surface area contributed by atoms with Gasteiger partial charge < -0.3 is 10.1 Å². The van der Waals surface area contributed by atoms with Gasteiger partial charge in [-0.15, -0.1) is 5.10 Å². The molecule has 8 heteroatoms. The number of ether oxygens (including phenoxy) is 1. The summed E-state index contributed by atoms with van der Waals surface area (Å²) < 4.78 is 7.72. The first-order valence-corrected chi connectivity index (χ1v) is 9.43. The molecule has 0 saturated carbocycles. The number of rotatable bonds is 5. The summed E-state index contributed by atoms with van der Waals surface area (Å²) in [4.78, 5) is 29.6. The van der Waals surface area contributed by atoms with Gasteiger partial charge in [0.15, 0.2) is 5.65 Å². The zero-order valence-corrected chi connectivity index (χ0v) is 16.9. The van der Waals surface area contributed by atoms with E-state index in [1.165, 1.54) is 4.40 Å². The summed E-state index contributed by atoms with van der Waals surface area (Å²) in [6, 6.07) is 16.6. The van der Waals surface area contributed by atoms with Gasteiger partial charge in [-0.1, -0.05) is 17.7 Å². The first-order chi connectivity index (χ1) is 14.4. The van der Waals surface area contributed by atoms with Crippen molar-refractivity contribution >= 4 is 17.2 Å². The molecule has 0 bridgehead atoms. The molecule has 8 nitrogen and oxygen atoms in total. The van der Waals surface area contributed by atoms with Crippen LogP contribution in [0.15, 0.2) is 59.4 Å². The SMILES string of the molecule is COc1ccc(-c2cc3nn(CC(=O)Nc4ccc(C)cc4)c(=O)n3c(C)n2)cc1. The quantitative estimate of drug-likeness (QED) is 0.553. The Morgan fingerprint density at radius 1 is 1.07 bits per heavy atom. The second-order valence-corrected chi connectivity index (χ2v) is 6.97. The Labute approximate surface area is 172 Å². The van der Waals surface area contributed by atoms with E-state index in [-0.39, 0.29) is 12.5 Å². The number of methoxy groups -OCH3 is 1. The molecular weight excluding hydrogens is 382 g/mol. The lowest BCUT2D eigenvalue weighted by atomic mass is 10.1. The van der Waals surface area contributed by atoms with Gasteiger partial charge in [0.2, 0.25) is 5.91 Å². The van der Waals surface area contributed by atoms with Gasteiger partial charge in [0.25, 0.3) is 0 Å². The van der Waals surface area contributed by atoms with Gasteiger partial charge in [0, 0.05) is 17.3 Å². The number of anilines is 1. The lowest BCUT2D eigenvalue weighted by molar-refractivity contribution is -0.117. The fraction of sp³-hybridized carbons (Fsp3) is 0.182. The number of amides is 1. The Kier molecular flexibility index (Phi) is 5.05. The van der Waals surface area contributed by atoms with Gasteiger partial charge in [0.1, 0.15) is 18.1 Å². The van der Waals surface area contributed by atoms with Gasteiger partial charge in [-0.05, 0) is 50.2 Å². The zero-order valence-electron chi connectivity index (χ0n) is 16.9. The minimum absolute atomic E-state index is 0.189. The van der Waals surface area contributed by atoms with Crippen molar-refractivity contribution in [2.24, 2.45) is 0 Å². The van der Waals surface area contributed by atoms with Crippen LogP contribution in [0.4, 0.5) is 5.69 Å². The molecule has 4 aromatic rings. The van der Waals surface area contributed by atoms with Crippen LogP contribution in [0, 0.1) is 13.8 Å². The summed E-state index contributed by atoms with van der Waals surface area (Å²) in [5, 5.41) is 7.11. The molecule has 0 spiro atoms. The van der Waals surface area contributed by atoms with Crippen LogP contribution in [-0.4, -0.2) is 32.2 Å². The minimum atomic E-state index is -0.407. The predicted molar refractivity (Wildman–Crippen MR) is 114 cm³/mol. The van der Waals surface area contributed by atoms with Crippen LogP contribution in [0.1, 0.15) is 11.4 Å². The Morgan fingerprint density at radius 2 is 1.77 bits per heavy atom. The minimum Gasteiger partial charge on any atom is -0.497 e. The molecule has 0 aliphatic rings. The van der Waals surface area contributed by atoms with Crippen LogP contribution >= 0.6 is 0 Å². The Hall–Kier alpha value is -3.94. The van der Waals surface area contributed by atoms with E-state index in [2.05, 4.69) is 15.4 Å². The second-order valence-electron chi connectivity index (χ2n) is 6.97. The summed E-state index contributed by atoms with van der Waals surface area (Å²) >= 11 is 0.